The van der Waals surface area contributed by atoms with Crippen molar-refractivity contribution in [1.29, 1.82) is 0 Å². The number of carbonyl (C=O) groups is 2. The first-order valence-corrected chi connectivity index (χ1v) is 9.39. The van der Waals surface area contributed by atoms with Crippen LogP contribution >= 0.6 is 0 Å². The first kappa shape index (κ1) is 19.4. The molecule has 8 heteroatoms. The molecule has 0 saturated carbocycles. The van der Waals surface area contributed by atoms with Crippen LogP contribution in [0.4, 0.5) is 0 Å². The molecular formula is C22H20N4O4. The number of nitrogens with zero attached hydrogens (tertiary/aromatic N) is 3. The summed E-state index contributed by atoms with van der Waals surface area (Å²) in [6, 6.07) is 14.7. The average molecular weight is 404 g/mol. The zero-order valence-electron chi connectivity index (χ0n) is 16.6. The SMILES string of the molecule is COC(=O)CNC(=O)c1cc2c(=O)n3cc(C)ccc3nc2n1Cc1ccccc1. The van der Waals surface area contributed by atoms with Gasteiger partial charge in [0.15, 0.2) is 0 Å². The molecule has 152 valence electrons. The summed E-state index contributed by atoms with van der Waals surface area (Å²) in [5.41, 5.74) is 2.76. The lowest BCUT2D eigenvalue weighted by atomic mass is 10.2. The number of methoxy groups -OCH3 is 1. The monoisotopic (exact) mass is 404 g/mol. The van der Waals surface area contributed by atoms with E-state index in [0.717, 1.165) is 11.1 Å². The molecule has 4 rings (SSSR count). The Hall–Kier alpha value is -3.94. The molecular weight excluding hydrogens is 384 g/mol. The quantitative estimate of drug-likeness (QED) is 0.513. The van der Waals surface area contributed by atoms with Gasteiger partial charge in [0.05, 0.1) is 12.5 Å². The second kappa shape index (κ2) is 7.82. The average Bonchev–Trinajstić information content (AvgIpc) is 3.11. The topological polar surface area (TPSA) is 94.7 Å². The summed E-state index contributed by atoms with van der Waals surface area (Å²) in [5, 5.41) is 2.87. The van der Waals surface area contributed by atoms with E-state index in [1.807, 2.05) is 43.3 Å². The molecule has 0 radical (unpaired) electrons. The lowest BCUT2D eigenvalue weighted by molar-refractivity contribution is -0.139. The lowest BCUT2D eigenvalue weighted by Gasteiger charge is -2.11. The number of pyridine rings is 1. The van der Waals surface area contributed by atoms with Crippen LogP contribution in [0.5, 0.6) is 0 Å². The summed E-state index contributed by atoms with van der Waals surface area (Å²) in [4.78, 5) is 42.0. The van der Waals surface area contributed by atoms with E-state index in [1.165, 1.54) is 17.6 Å². The van der Waals surface area contributed by atoms with Crippen molar-refractivity contribution in [2.45, 2.75) is 13.5 Å². The van der Waals surface area contributed by atoms with Gasteiger partial charge in [0.2, 0.25) is 0 Å². The van der Waals surface area contributed by atoms with Crippen molar-refractivity contribution in [3.63, 3.8) is 0 Å². The number of ether oxygens (including phenoxy) is 1. The van der Waals surface area contributed by atoms with Crippen molar-refractivity contribution >= 4 is 28.6 Å². The van der Waals surface area contributed by atoms with Gasteiger partial charge in [0.25, 0.3) is 11.5 Å². The van der Waals surface area contributed by atoms with Gasteiger partial charge in [0, 0.05) is 12.7 Å². The molecule has 3 aromatic heterocycles. The number of nitrogens with one attached hydrogen (secondary N) is 1. The molecule has 0 saturated heterocycles. The van der Waals surface area contributed by atoms with Crippen LogP contribution < -0.4 is 10.9 Å². The van der Waals surface area contributed by atoms with E-state index in [0.29, 0.717) is 23.2 Å². The number of fused-ring (bicyclic) bond motifs is 2. The van der Waals surface area contributed by atoms with Crippen LogP contribution in [0.15, 0.2) is 59.5 Å². The third kappa shape index (κ3) is 3.55. The van der Waals surface area contributed by atoms with Crippen molar-refractivity contribution in [3.05, 3.63) is 81.9 Å². The van der Waals surface area contributed by atoms with Crippen LogP contribution in [0.2, 0.25) is 0 Å². The number of hydrogen-bond acceptors (Lipinski definition) is 5. The first-order valence-electron chi connectivity index (χ1n) is 9.39. The highest BCUT2D eigenvalue weighted by Crippen LogP contribution is 2.19. The van der Waals surface area contributed by atoms with Gasteiger partial charge in [-0.1, -0.05) is 36.4 Å². The van der Waals surface area contributed by atoms with Gasteiger partial charge in [-0.15, -0.1) is 0 Å². The van der Waals surface area contributed by atoms with Gasteiger partial charge in [-0.25, -0.2) is 4.98 Å². The molecule has 8 nitrogen and oxygen atoms in total. The van der Waals surface area contributed by atoms with Gasteiger partial charge in [-0.3, -0.25) is 18.8 Å². The van der Waals surface area contributed by atoms with Gasteiger partial charge in [0.1, 0.15) is 23.5 Å². The standard InChI is InChI=1S/C22H20N4O4/c1-14-8-9-18-24-20-16(22(29)26(18)12-14)10-17(21(28)23-11-19(27)30-2)25(20)13-15-6-4-3-5-7-15/h3-10,12H,11,13H2,1-2H3,(H,23,28). The molecule has 30 heavy (non-hydrogen) atoms. The summed E-state index contributed by atoms with van der Waals surface area (Å²) in [6.45, 7) is 1.97. The summed E-state index contributed by atoms with van der Waals surface area (Å²) >= 11 is 0. The Balaban J connectivity index is 1.90. The zero-order chi connectivity index (χ0) is 21.3. The van der Waals surface area contributed by atoms with Crippen molar-refractivity contribution in [1.82, 2.24) is 19.3 Å². The number of aryl methyl sites for hydroxylation is 1. The number of carbonyl (C=O) groups excluding carboxylic acids is 2. The van der Waals surface area contributed by atoms with E-state index in [9.17, 15) is 14.4 Å². The van der Waals surface area contributed by atoms with E-state index in [1.54, 1.807) is 16.8 Å². The Morgan fingerprint density at radius 3 is 2.63 bits per heavy atom. The fourth-order valence-corrected chi connectivity index (χ4v) is 3.34. The Morgan fingerprint density at radius 2 is 1.90 bits per heavy atom. The third-order valence-corrected chi connectivity index (χ3v) is 4.85. The summed E-state index contributed by atoms with van der Waals surface area (Å²) in [7, 11) is 1.25. The molecule has 1 N–H and O–H groups in total. The normalized spacial score (nSPS) is 11.0. The minimum absolute atomic E-state index is 0.245. The maximum Gasteiger partial charge on any atom is 0.325 e. The largest absolute Gasteiger partial charge is 0.468 e. The molecule has 0 aliphatic carbocycles. The number of esters is 1. The molecule has 1 amide bonds. The molecule has 3 heterocycles. The number of aromatic nitrogens is 3. The minimum atomic E-state index is -0.562. The van der Waals surface area contributed by atoms with Crippen LogP contribution in [-0.2, 0) is 16.1 Å². The van der Waals surface area contributed by atoms with E-state index < -0.39 is 11.9 Å². The predicted octanol–water partition coefficient (Wildman–Crippen LogP) is 1.91. The van der Waals surface area contributed by atoms with Crippen molar-refractivity contribution in [3.8, 4) is 0 Å². The fourth-order valence-electron chi connectivity index (χ4n) is 3.34. The Labute approximate surface area is 171 Å². The molecule has 0 spiro atoms. The molecule has 0 aliphatic rings. The molecule has 0 fully saturated rings. The molecule has 1 aromatic carbocycles. The Kier molecular flexibility index (Phi) is 5.05. The number of rotatable bonds is 5. The van der Waals surface area contributed by atoms with Crippen LogP contribution in [0, 0.1) is 6.92 Å². The number of hydrogen-bond donors (Lipinski definition) is 1. The lowest BCUT2D eigenvalue weighted by Crippen LogP contribution is -2.31. The molecule has 0 bridgehead atoms. The highest BCUT2D eigenvalue weighted by molar-refractivity contribution is 5.99. The predicted molar refractivity (Wildman–Crippen MR) is 112 cm³/mol. The zero-order valence-corrected chi connectivity index (χ0v) is 16.6. The van der Waals surface area contributed by atoms with Crippen LogP contribution in [0.3, 0.4) is 0 Å². The van der Waals surface area contributed by atoms with Gasteiger partial charge >= 0.3 is 5.97 Å². The molecule has 0 unspecified atom stereocenters. The van der Waals surface area contributed by atoms with Gasteiger partial charge < -0.3 is 14.6 Å². The molecule has 0 atom stereocenters. The van der Waals surface area contributed by atoms with Crippen molar-refractivity contribution in [2.24, 2.45) is 0 Å². The van der Waals surface area contributed by atoms with Gasteiger partial charge in [-0.2, -0.15) is 0 Å². The first-order chi connectivity index (χ1) is 14.5. The minimum Gasteiger partial charge on any atom is -0.468 e. The van der Waals surface area contributed by atoms with Crippen LogP contribution in [0.1, 0.15) is 21.6 Å². The van der Waals surface area contributed by atoms with Crippen LogP contribution in [-0.4, -0.2) is 39.5 Å². The maximum absolute atomic E-state index is 13.1. The number of amides is 1. The highest BCUT2D eigenvalue weighted by atomic mass is 16.5. The second-order valence-corrected chi connectivity index (χ2v) is 6.95. The summed E-state index contributed by atoms with van der Waals surface area (Å²) in [5.74, 6) is -1.05. The van der Waals surface area contributed by atoms with Gasteiger partial charge in [-0.05, 0) is 30.2 Å². The summed E-state index contributed by atoms with van der Waals surface area (Å²) < 4.78 is 7.74. The third-order valence-electron chi connectivity index (χ3n) is 4.85. The van der Waals surface area contributed by atoms with E-state index in [4.69, 9.17) is 0 Å². The smallest absolute Gasteiger partial charge is 0.325 e. The summed E-state index contributed by atoms with van der Waals surface area (Å²) in [6.07, 6.45) is 1.72. The van der Waals surface area contributed by atoms with Crippen LogP contribution in [0.25, 0.3) is 16.7 Å². The second-order valence-electron chi connectivity index (χ2n) is 6.95. The van der Waals surface area contributed by atoms with Crippen molar-refractivity contribution < 1.29 is 14.3 Å². The Morgan fingerprint density at radius 1 is 1.13 bits per heavy atom. The Bertz CT molecular complexity index is 1320. The maximum atomic E-state index is 13.1. The van der Waals surface area contributed by atoms with E-state index in [2.05, 4.69) is 15.0 Å². The molecule has 0 aliphatic heterocycles. The fraction of sp³-hybridized carbons (Fsp3) is 0.182. The van der Waals surface area contributed by atoms with E-state index in [-0.39, 0.29) is 17.8 Å². The molecule has 4 aromatic rings. The number of benzene rings is 1. The van der Waals surface area contributed by atoms with Crippen molar-refractivity contribution in [2.75, 3.05) is 13.7 Å². The van der Waals surface area contributed by atoms with E-state index >= 15 is 0 Å². The highest BCUT2D eigenvalue weighted by Gasteiger charge is 2.20.